The van der Waals surface area contributed by atoms with E-state index in [0.717, 1.165) is 28.9 Å². The Bertz CT molecular complexity index is 886. The van der Waals surface area contributed by atoms with Gasteiger partial charge in [0.05, 0.1) is 0 Å². The van der Waals surface area contributed by atoms with Gasteiger partial charge in [-0.2, -0.15) is 18.6 Å². The van der Waals surface area contributed by atoms with Gasteiger partial charge in [0.15, 0.2) is 0 Å². The Labute approximate surface area is 160 Å². The standard InChI is InChI=1S/C15H14F2N4O6S/c1-6(22)27-4-7-5-28-13-9(12(24)20(13)10(7)14(25)26)19-11(23)8-2-3-18-21(8)15(16)17/h2-3,9,13,15H,4-5H2,1H3,(H,19,23)(H,25,26)/t9-,13+/m1/s1. The summed E-state index contributed by atoms with van der Waals surface area (Å²) < 4.78 is 30.7. The number of nitrogens with one attached hydrogen (secondary N) is 1. The number of aromatic nitrogens is 2. The van der Waals surface area contributed by atoms with E-state index in [-0.39, 0.29) is 28.3 Å². The highest BCUT2D eigenvalue weighted by molar-refractivity contribution is 8.00. The second kappa shape index (κ2) is 7.58. The van der Waals surface area contributed by atoms with Crippen LogP contribution < -0.4 is 5.32 Å². The van der Waals surface area contributed by atoms with Crippen molar-refractivity contribution >= 4 is 35.5 Å². The zero-order chi connectivity index (χ0) is 20.6. The van der Waals surface area contributed by atoms with Crippen LogP contribution >= 0.6 is 11.8 Å². The van der Waals surface area contributed by atoms with Crippen molar-refractivity contribution in [1.82, 2.24) is 20.0 Å². The molecule has 2 atom stereocenters. The highest BCUT2D eigenvalue weighted by Crippen LogP contribution is 2.40. The second-order valence-corrected chi connectivity index (χ2v) is 6.94. The number of β-lactam (4-membered cyclic amide) rings is 1. The zero-order valence-electron chi connectivity index (χ0n) is 14.3. The lowest BCUT2D eigenvalue weighted by Crippen LogP contribution is -2.70. The summed E-state index contributed by atoms with van der Waals surface area (Å²) in [6.45, 7) is -2.13. The topological polar surface area (TPSA) is 131 Å². The zero-order valence-corrected chi connectivity index (χ0v) is 15.1. The van der Waals surface area contributed by atoms with Crippen molar-refractivity contribution in [1.29, 1.82) is 0 Å². The molecule has 2 N–H and O–H groups in total. The Morgan fingerprint density at radius 2 is 2.18 bits per heavy atom. The Hall–Kier alpha value is -2.96. The molecule has 0 spiro atoms. The third-order valence-corrected chi connectivity index (χ3v) is 5.41. The summed E-state index contributed by atoms with van der Waals surface area (Å²) in [5.74, 6) is -3.44. The number of carbonyl (C=O) groups is 4. The number of aliphatic carboxylic acids is 1. The van der Waals surface area contributed by atoms with Crippen molar-refractivity contribution < 1.29 is 37.8 Å². The van der Waals surface area contributed by atoms with Crippen LogP contribution in [-0.4, -0.2) is 67.3 Å². The van der Waals surface area contributed by atoms with Gasteiger partial charge in [-0.15, -0.1) is 11.8 Å². The Morgan fingerprint density at radius 3 is 2.79 bits per heavy atom. The molecule has 1 saturated heterocycles. The largest absolute Gasteiger partial charge is 0.477 e. The third kappa shape index (κ3) is 3.44. The van der Waals surface area contributed by atoms with Crippen LogP contribution in [-0.2, 0) is 19.1 Å². The number of amides is 2. The van der Waals surface area contributed by atoms with E-state index in [1.54, 1.807) is 0 Å². The van der Waals surface area contributed by atoms with Gasteiger partial charge in [-0.1, -0.05) is 0 Å². The lowest BCUT2D eigenvalue weighted by molar-refractivity contribution is -0.149. The molecule has 1 aromatic rings. The fraction of sp³-hybridized carbons (Fsp3) is 0.400. The average Bonchev–Trinajstić information content (AvgIpc) is 3.13. The molecule has 2 aliphatic heterocycles. The maximum atomic E-state index is 12.8. The first-order chi connectivity index (χ1) is 13.2. The van der Waals surface area contributed by atoms with Crippen LogP contribution in [0.15, 0.2) is 23.5 Å². The van der Waals surface area contributed by atoms with E-state index in [9.17, 15) is 33.1 Å². The van der Waals surface area contributed by atoms with E-state index >= 15 is 0 Å². The number of hydrogen-bond acceptors (Lipinski definition) is 7. The van der Waals surface area contributed by atoms with Crippen LogP contribution in [0.1, 0.15) is 24.0 Å². The van der Waals surface area contributed by atoms with Gasteiger partial charge in [0.25, 0.3) is 11.8 Å². The van der Waals surface area contributed by atoms with E-state index in [1.807, 2.05) is 0 Å². The Balaban J connectivity index is 1.76. The minimum absolute atomic E-state index is 0.157. The molecule has 13 heteroatoms. The highest BCUT2D eigenvalue weighted by atomic mass is 32.2. The van der Waals surface area contributed by atoms with E-state index in [2.05, 4.69) is 10.4 Å². The summed E-state index contributed by atoms with van der Waals surface area (Å²) in [5, 5.41) is 14.4. The smallest absolute Gasteiger partial charge is 0.352 e. The number of carboxylic acids is 1. The summed E-state index contributed by atoms with van der Waals surface area (Å²) >= 11 is 1.16. The number of carbonyl (C=O) groups excluding carboxylic acids is 3. The van der Waals surface area contributed by atoms with Crippen molar-refractivity contribution in [2.75, 3.05) is 12.4 Å². The lowest BCUT2D eigenvalue weighted by atomic mass is 10.0. The minimum Gasteiger partial charge on any atom is -0.477 e. The molecule has 3 rings (SSSR count). The number of nitrogens with zero attached hydrogens (tertiary/aromatic N) is 3. The summed E-state index contributed by atoms with van der Waals surface area (Å²) in [4.78, 5) is 48.2. The van der Waals surface area contributed by atoms with E-state index in [4.69, 9.17) is 4.74 Å². The van der Waals surface area contributed by atoms with Gasteiger partial charge in [0.2, 0.25) is 0 Å². The first kappa shape index (κ1) is 19.8. The highest BCUT2D eigenvalue weighted by Gasteiger charge is 2.54. The number of rotatable bonds is 6. The Kier molecular flexibility index (Phi) is 5.36. The van der Waals surface area contributed by atoms with Gasteiger partial charge in [-0.25, -0.2) is 4.79 Å². The number of ether oxygens (including phenoxy) is 1. The summed E-state index contributed by atoms with van der Waals surface area (Å²) in [6.07, 6.45) is 1.03. The maximum Gasteiger partial charge on any atom is 0.352 e. The molecule has 1 fully saturated rings. The number of fused-ring (bicyclic) bond motifs is 1. The van der Waals surface area contributed by atoms with Crippen molar-refractivity contribution in [3.8, 4) is 0 Å². The summed E-state index contributed by atoms with van der Waals surface area (Å²) in [6, 6.07) is -0.000854. The quantitative estimate of drug-likeness (QED) is 0.497. The number of esters is 1. The fourth-order valence-electron chi connectivity index (χ4n) is 2.85. The molecule has 150 valence electrons. The summed E-state index contributed by atoms with van der Waals surface area (Å²) in [7, 11) is 0. The van der Waals surface area contributed by atoms with Crippen molar-refractivity contribution in [2.24, 2.45) is 0 Å². The molecular weight excluding hydrogens is 402 g/mol. The number of halogens is 2. The number of hydrogen-bond donors (Lipinski definition) is 2. The van der Waals surface area contributed by atoms with E-state index < -0.39 is 47.4 Å². The minimum atomic E-state index is -3.03. The Morgan fingerprint density at radius 1 is 1.46 bits per heavy atom. The van der Waals surface area contributed by atoms with Gasteiger partial charge < -0.3 is 15.2 Å². The summed E-state index contributed by atoms with van der Waals surface area (Å²) in [5.41, 5.74) is -0.484. The third-order valence-electron chi connectivity index (χ3n) is 4.07. The van der Waals surface area contributed by atoms with Gasteiger partial charge in [-0.3, -0.25) is 19.3 Å². The molecule has 0 radical (unpaired) electrons. The number of thioether (sulfide) groups is 1. The first-order valence-corrected chi connectivity index (χ1v) is 8.93. The van der Waals surface area contributed by atoms with Gasteiger partial charge in [0, 0.05) is 24.4 Å². The van der Waals surface area contributed by atoms with Crippen LogP contribution in [0, 0.1) is 0 Å². The van der Waals surface area contributed by atoms with Crippen LogP contribution in [0.4, 0.5) is 8.78 Å². The molecular formula is C15H14F2N4O6S. The van der Waals surface area contributed by atoms with Crippen molar-refractivity contribution in [2.45, 2.75) is 24.9 Å². The first-order valence-electron chi connectivity index (χ1n) is 7.88. The van der Waals surface area contributed by atoms with Crippen LogP contribution in [0.5, 0.6) is 0 Å². The van der Waals surface area contributed by atoms with Crippen molar-refractivity contribution in [3.05, 3.63) is 29.2 Å². The maximum absolute atomic E-state index is 12.8. The van der Waals surface area contributed by atoms with E-state index in [0.29, 0.717) is 0 Å². The molecule has 3 heterocycles. The van der Waals surface area contributed by atoms with Gasteiger partial charge in [0.1, 0.15) is 29.4 Å². The van der Waals surface area contributed by atoms with Gasteiger partial charge >= 0.3 is 18.5 Å². The van der Waals surface area contributed by atoms with Crippen LogP contribution in [0.25, 0.3) is 0 Å². The lowest BCUT2D eigenvalue weighted by Gasteiger charge is -2.49. The second-order valence-electron chi connectivity index (χ2n) is 5.84. The van der Waals surface area contributed by atoms with Crippen LogP contribution in [0.2, 0.25) is 0 Å². The molecule has 10 nitrogen and oxygen atoms in total. The molecule has 0 saturated carbocycles. The SMILES string of the molecule is CC(=O)OCC1=C(C(=O)O)N2C(=O)[C@@H](NC(=O)c3ccnn3C(F)F)[C@@H]2SC1. The molecule has 2 aliphatic rings. The molecule has 0 unspecified atom stereocenters. The molecule has 0 aromatic carbocycles. The van der Waals surface area contributed by atoms with Crippen LogP contribution in [0.3, 0.4) is 0 Å². The predicted molar refractivity (Wildman–Crippen MR) is 89.1 cm³/mol. The van der Waals surface area contributed by atoms with E-state index in [1.165, 1.54) is 6.92 Å². The van der Waals surface area contributed by atoms with Gasteiger partial charge in [-0.05, 0) is 6.07 Å². The normalized spacial score (nSPS) is 21.3. The number of carboxylic acid groups (broad SMARTS) is 1. The van der Waals surface area contributed by atoms with Crippen molar-refractivity contribution in [3.63, 3.8) is 0 Å². The monoisotopic (exact) mass is 416 g/mol. The molecule has 0 bridgehead atoms. The number of alkyl halides is 2. The predicted octanol–water partition coefficient (Wildman–Crippen LogP) is 0.194. The fourth-order valence-corrected chi connectivity index (χ4v) is 4.18. The molecule has 1 aromatic heterocycles. The average molecular weight is 416 g/mol. The molecule has 28 heavy (non-hydrogen) atoms. The molecule has 2 amide bonds. The molecule has 0 aliphatic carbocycles.